The molecule has 2 aromatic rings. The smallest absolute Gasteiger partial charge is 0.223 e. The first-order chi connectivity index (χ1) is 11.0. The zero-order valence-corrected chi connectivity index (χ0v) is 14.2. The van der Waals surface area contributed by atoms with Crippen molar-refractivity contribution in [3.05, 3.63) is 58.3 Å². The number of anilines is 1. The molecule has 0 radical (unpaired) electrons. The fourth-order valence-corrected chi connectivity index (χ4v) is 4.53. The molecule has 0 unspecified atom stereocenters. The fourth-order valence-electron chi connectivity index (χ4n) is 3.91. The Hall–Kier alpha value is -2.07. The van der Waals surface area contributed by atoms with Crippen molar-refractivity contribution < 1.29 is 4.79 Å². The molecular weight excluding hydrogens is 304 g/mol. The lowest BCUT2D eigenvalue weighted by Gasteiger charge is -2.49. The van der Waals surface area contributed by atoms with Crippen LogP contribution >= 0.6 is 11.3 Å². The number of nitrogens with one attached hydrogen (secondary N) is 1. The second kappa shape index (κ2) is 4.96. The Labute approximate surface area is 140 Å². The first-order valence-electron chi connectivity index (χ1n) is 7.95. The van der Waals surface area contributed by atoms with Gasteiger partial charge in [0.05, 0.1) is 0 Å². The Morgan fingerprint density at radius 3 is 2.83 bits per heavy atom. The van der Waals surface area contributed by atoms with Crippen LogP contribution in [0, 0.1) is 0 Å². The van der Waals surface area contributed by atoms with Crippen LogP contribution in [0.5, 0.6) is 0 Å². The molecule has 1 amide bonds. The van der Waals surface area contributed by atoms with Crippen LogP contribution in [-0.2, 0) is 10.2 Å². The standard InChI is InChI=1S/C19H20N2OS/c1-18(2)15-7-3-4-8-16(15)21-12-10-17(22)20-19(18,21)11-9-14-6-5-13-23-14/h3-9,11,13H,10,12H2,1-2H3,(H,20,22)/t19-/m0/s1. The van der Waals surface area contributed by atoms with E-state index in [1.165, 1.54) is 16.1 Å². The zero-order valence-electron chi connectivity index (χ0n) is 13.4. The molecule has 1 atom stereocenters. The third-order valence-corrected chi connectivity index (χ3v) is 6.01. The molecule has 0 aliphatic carbocycles. The van der Waals surface area contributed by atoms with Crippen LogP contribution in [0.3, 0.4) is 0 Å². The van der Waals surface area contributed by atoms with Crippen LogP contribution in [0.25, 0.3) is 6.08 Å². The largest absolute Gasteiger partial charge is 0.344 e. The highest BCUT2D eigenvalue weighted by Crippen LogP contribution is 2.52. The van der Waals surface area contributed by atoms with Gasteiger partial charge in [0.2, 0.25) is 5.91 Å². The van der Waals surface area contributed by atoms with Gasteiger partial charge in [-0.2, -0.15) is 0 Å². The molecule has 2 aliphatic rings. The summed E-state index contributed by atoms with van der Waals surface area (Å²) in [7, 11) is 0. The molecular formula is C19H20N2OS. The second-order valence-corrected chi connectivity index (χ2v) is 7.69. The normalized spacial score (nSPS) is 25.3. The summed E-state index contributed by atoms with van der Waals surface area (Å²) in [4.78, 5) is 15.8. The van der Waals surface area contributed by atoms with Gasteiger partial charge in [-0.1, -0.05) is 38.1 Å². The summed E-state index contributed by atoms with van der Waals surface area (Å²) < 4.78 is 0. The average Bonchev–Trinajstić information content (AvgIpc) is 3.11. The molecule has 1 N–H and O–H groups in total. The highest BCUT2D eigenvalue weighted by Gasteiger charge is 2.57. The predicted molar refractivity (Wildman–Crippen MR) is 95.7 cm³/mol. The van der Waals surface area contributed by atoms with Crippen LogP contribution in [-0.4, -0.2) is 18.1 Å². The SMILES string of the molecule is CC1(C)c2ccccc2N2CCC(=O)N[C@@]21C=Cc1cccs1. The summed E-state index contributed by atoms with van der Waals surface area (Å²) in [6.45, 7) is 5.19. The number of hydrogen-bond donors (Lipinski definition) is 1. The van der Waals surface area contributed by atoms with Crippen molar-refractivity contribution in [3.63, 3.8) is 0 Å². The van der Waals surface area contributed by atoms with Crippen LogP contribution in [0.1, 0.15) is 30.7 Å². The summed E-state index contributed by atoms with van der Waals surface area (Å²) in [5, 5.41) is 5.37. The van der Waals surface area contributed by atoms with Crippen LogP contribution in [0.4, 0.5) is 5.69 Å². The average molecular weight is 324 g/mol. The molecule has 3 nitrogen and oxygen atoms in total. The molecule has 2 aliphatic heterocycles. The Morgan fingerprint density at radius 1 is 1.22 bits per heavy atom. The monoisotopic (exact) mass is 324 g/mol. The molecule has 3 heterocycles. The van der Waals surface area contributed by atoms with Gasteiger partial charge in [-0.15, -0.1) is 11.3 Å². The molecule has 0 saturated carbocycles. The van der Waals surface area contributed by atoms with Crippen molar-refractivity contribution in [1.29, 1.82) is 0 Å². The van der Waals surface area contributed by atoms with Crippen molar-refractivity contribution in [3.8, 4) is 0 Å². The van der Waals surface area contributed by atoms with Crippen molar-refractivity contribution in [1.82, 2.24) is 5.32 Å². The molecule has 0 spiro atoms. The number of nitrogens with zero attached hydrogens (tertiary/aromatic N) is 1. The first kappa shape index (κ1) is 14.5. The molecule has 1 saturated heterocycles. The number of rotatable bonds is 2. The van der Waals surface area contributed by atoms with Crippen LogP contribution < -0.4 is 10.2 Å². The molecule has 1 aromatic heterocycles. The number of benzene rings is 1. The Kier molecular flexibility index (Phi) is 3.13. The van der Waals surface area contributed by atoms with Crippen molar-refractivity contribution in [2.45, 2.75) is 31.3 Å². The van der Waals surface area contributed by atoms with E-state index in [1.807, 2.05) is 6.07 Å². The maximum atomic E-state index is 12.2. The van der Waals surface area contributed by atoms with E-state index in [-0.39, 0.29) is 11.3 Å². The minimum atomic E-state index is -0.504. The Morgan fingerprint density at radius 2 is 2.04 bits per heavy atom. The van der Waals surface area contributed by atoms with Gasteiger partial charge in [0, 0.05) is 28.9 Å². The lowest BCUT2D eigenvalue weighted by atomic mass is 9.74. The van der Waals surface area contributed by atoms with E-state index in [1.54, 1.807) is 11.3 Å². The molecule has 0 bridgehead atoms. The van der Waals surface area contributed by atoms with Crippen molar-refractivity contribution in [2.24, 2.45) is 0 Å². The number of carbonyl (C=O) groups excluding carboxylic acids is 1. The van der Waals surface area contributed by atoms with E-state index in [4.69, 9.17) is 0 Å². The fraction of sp³-hybridized carbons (Fsp3) is 0.316. The molecule has 118 valence electrons. The van der Waals surface area contributed by atoms with Gasteiger partial charge in [0.1, 0.15) is 5.66 Å². The molecule has 4 rings (SSSR count). The van der Waals surface area contributed by atoms with Gasteiger partial charge in [-0.3, -0.25) is 4.79 Å². The quantitative estimate of drug-likeness (QED) is 0.912. The van der Waals surface area contributed by atoms with Gasteiger partial charge < -0.3 is 10.2 Å². The summed E-state index contributed by atoms with van der Waals surface area (Å²) in [5.41, 5.74) is 1.81. The third-order valence-electron chi connectivity index (χ3n) is 5.17. The van der Waals surface area contributed by atoms with E-state index in [9.17, 15) is 4.79 Å². The highest BCUT2D eigenvalue weighted by molar-refractivity contribution is 7.10. The first-order valence-corrected chi connectivity index (χ1v) is 8.83. The number of fused-ring (bicyclic) bond motifs is 3. The number of carbonyl (C=O) groups is 1. The summed E-state index contributed by atoms with van der Waals surface area (Å²) >= 11 is 1.71. The van der Waals surface area contributed by atoms with E-state index in [0.29, 0.717) is 6.42 Å². The Balaban J connectivity index is 1.87. The summed E-state index contributed by atoms with van der Waals surface area (Å²) in [6, 6.07) is 12.6. The summed E-state index contributed by atoms with van der Waals surface area (Å²) in [6.07, 6.45) is 4.85. The maximum Gasteiger partial charge on any atom is 0.223 e. The lowest BCUT2D eigenvalue weighted by molar-refractivity contribution is -0.124. The van der Waals surface area contributed by atoms with Gasteiger partial charge in [0.15, 0.2) is 0 Å². The predicted octanol–water partition coefficient (Wildman–Crippen LogP) is 3.78. The molecule has 1 aromatic carbocycles. The number of para-hydroxylation sites is 1. The second-order valence-electron chi connectivity index (χ2n) is 6.71. The minimum absolute atomic E-state index is 0.123. The van der Waals surface area contributed by atoms with E-state index < -0.39 is 5.66 Å². The number of hydrogen-bond acceptors (Lipinski definition) is 3. The van der Waals surface area contributed by atoms with Gasteiger partial charge >= 0.3 is 0 Å². The lowest BCUT2D eigenvalue weighted by Crippen LogP contribution is -2.68. The maximum absolute atomic E-state index is 12.2. The van der Waals surface area contributed by atoms with Crippen LogP contribution in [0.15, 0.2) is 47.9 Å². The topological polar surface area (TPSA) is 32.3 Å². The van der Waals surface area contributed by atoms with E-state index >= 15 is 0 Å². The Bertz CT molecular complexity index is 778. The van der Waals surface area contributed by atoms with Gasteiger partial charge in [0.25, 0.3) is 0 Å². The zero-order chi connectivity index (χ0) is 16.1. The van der Waals surface area contributed by atoms with Gasteiger partial charge in [-0.25, -0.2) is 0 Å². The van der Waals surface area contributed by atoms with Crippen molar-refractivity contribution >= 4 is 29.0 Å². The molecule has 1 fully saturated rings. The number of thiophene rings is 1. The molecule has 23 heavy (non-hydrogen) atoms. The summed E-state index contributed by atoms with van der Waals surface area (Å²) in [5.74, 6) is 0.123. The van der Waals surface area contributed by atoms with Crippen LogP contribution in [0.2, 0.25) is 0 Å². The van der Waals surface area contributed by atoms with Crippen molar-refractivity contribution in [2.75, 3.05) is 11.4 Å². The molecule has 4 heteroatoms. The minimum Gasteiger partial charge on any atom is -0.344 e. The number of amides is 1. The van der Waals surface area contributed by atoms with E-state index in [2.05, 4.69) is 71.9 Å². The highest BCUT2D eigenvalue weighted by atomic mass is 32.1. The third kappa shape index (κ3) is 1.98. The van der Waals surface area contributed by atoms with Gasteiger partial charge in [-0.05, 0) is 35.2 Å². The van der Waals surface area contributed by atoms with E-state index in [0.717, 1.165) is 6.54 Å².